The van der Waals surface area contributed by atoms with Gasteiger partial charge in [-0.15, -0.1) is 34.2 Å². The zero-order valence-electron chi connectivity index (χ0n) is 17.9. The van der Waals surface area contributed by atoms with Gasteiger partial charge in [-0.2, -0.15) is 11.8 Å². The molecule has 2 aromatic rings. The van der Waals surface area contributed by atoms with Gasteiger partial charge in [-0.25, -0.2) is 4.99 Å². The molecule has 1 saturated heterocycles. The highest BCUT2D eigenvalue weighted by Gasteiger charge is 2.30. The molecule has 0 saturated carbocycles. The van der Waals surface area contributed by atoms with Crippen LogP contribution in [0.15, 0.2) is 29.3 Å². The van der Waals surface area contributed by atoms with E-state index >= 15 is 0 Å². The maximum absolute atomic E-state index is 5.82. The highest BCUT2D eigenvalue weighted by Crippen LogP contribution is 2.37. The van der Waals surface area contributed by atoms with Gasteiger partial charge in [0, 0.05) is 30.3 Å². The number of hydrogen-bond acceptors (Lipinski definition) is 5. The Morgan fingerprint density at radius 3 is 2.93 bits per heavy atom. The van der Waals surface area contributed by atoms with Crippen molar-refractivity contribution in [1.29, 1.82) is 0 Å². The van der Waals surface area contributed by atoms with Crippen LogP contribution in [-0.4, -0.2) is 44.4 Å². The first-order chi connectivity index (χ1) is 14.0. The van der Waals surface area contributed by atoms with Crippen molar-refractivity contribution in [3.63, 3.8) is 0 Å². The quantitative estimate of drug-likeness (QED) is 0.342. The molecule has 3 heterocycles. The Morgan fingerprint density at radius 1 is 1.37 bits per heavy atom. The summed E-state index contributed by atoms with van der Waals surface area (Å²) < 4.78 is 8.06. The van der Waals surface area contributed by atoms with E-state index in [1.54, 1.807) is 0 Å². The zero-order chi connectivity index (χ0) is 20.3. The molecule has 2 atom stereocenters. The minimum atomic E-state index is 0. The molecule has 2 aliphatic rings. The third kappa shape index (κ3) is 5.40. The maximum Gasteiger partial charge on any atom is 0.192 e. The van der Waals surface area contributed by atoms with Crippen molar-refractivity contribution < 1.29 is 4.74 Å². The predicted octanol–water partition coefficient (Wildman–Crippen LogP) is 3.59. The third-order valence-electron chi connectivity index (χ3n) is 5.76. The van der Waals surface area contributed by atoms with Crippen LogP contribution in [0.5, 0.6) is 5.75 Å². The largest absolute Gasteiger partial charge is 0.493 e. The summed E-state index contributed by atoms with van der Waals surface area (Å²) in [4.78, 5) is 4.85. The van der Waals surface area contributed by atoms with Gasteiger partial charge in [-0.05, 0) is 38.5 Å². The van der Waals surface area contributed by atoms with Crippen molar-refractivity contribution in [2.75, 3.05) is 18.9 Å². The van der Waals surface area contributed by atoms with Crippen molar-refractivity contribution >= 4 is 41.7 Å². The van der Waals surface area contributed by atoms with Crippen LogP contribution in [0.2, 0.25) is 0 Å². The lowest BCUT2D eigenvalue weighted by Gasteiger charge is -2.30. The fraction of sp³-hybridized carbons (Fsp3) is 0.571. The fourth-order valence-electron chi connectivity index (χ4n) is 3.80. The van der Waals surface area contributed by atoms with Crippen molar-refractivity contribution in [1.82, 2.24) is 25.4 Å². The van der Waals surface area contributed by atoms with E-state index < -0.39 is 0 Å². The van der Waals surface area contributed by atoms with Crippen LogP contribution in [-0.2, 0) is 13.6 Å². The number of ether oxygens (including phenoxy) is 1. The van der Waals surface area contributed by atoms with Crippen LogP contribution in [0.4, 0.5) is 0 Å². The van der Waals surface area contributed by atoms with E-state index in [1.165, 1.54) is 24.2 Å². The van der Waals surface area contributed by atoms with E-state index in [2.05, 4.69) is 39.9 Å². The van der Waals surface area contributed by atoms with Crippen LogP contribution in [0, 0.1) is 6.92 Å². The number of fused-ring (bicyclic) bond motifs is 1. The Hall–Kier alpha value is -1.49. The summed E-state index contributed by atoms with van der Waals surface area (Å²) in [5.41, 5.74) is 1.18. The topological polar surface area (TPSA) is 76.4 Å². The van der Waals surface area contributed by atoms with Crippen LogP contribution >= 0.6 is 35.7 Å². The predicted molar refractivity (Wildman–Crippen MR) is 133 cm³/mol. The van der Waals surface area contributed by atoms with Gasteiger partial charge in [-0.1, -0.05) is 18.2 Å². The van der Waals surface area contributed by atoms with E-state index in [-0.39, 0.29) is 34.8 Å². The van der Waals surface area contributed by atoms with Gasteiger partial charge >= 0.3 is 0 Å². The van der Waals surface area contributed by atoms with Crippen molar-refractivity contribution in [3.8, 4) is 5.75 Å². The van der Waals surface area contributed by atoms with Crippen molar-refractivity contribution in [2.24, 2.45) is 12.0 Å². The molecule has 9 heteroatoms. The summed E-state index contributed by atoms with van der Waals surface area (Å²) in [5.74, 6) is 4.77. The average Bonchev–Trinajstić information content (AvgIpc) is 3.31. The zero-order valence-corrected chi connectivity index (χ0v) is 21.0. The summed E-state index contributed by atoms with van der Waals surface area (Å²) >= 11 is 2.05. The molecule has 4 rings (SSSR count). The molecule has 0 radical (unpaired) electrons. The second-order valence-electron chi connectivity index (χ2n) is 8.01. The van der Waals surface area contributed by atoms with Gasteiger partial charge in [0.05, 0.1) is 12.6 Å². The first-order valence-electron chi connectivity index (χ1n) is 10.3. The summed E-state index contributed by atoms with van der Waals surface area (Å²) in [7, 11) is 1.98. The molecule has 2 unspecified atom stereocenters. The minimum Gasteiger partial charge on any atom is -0.493 e. The smallest absolute Gasteiger partial charge is 0.192 e. The highest BCUT2D eigenvalue weighted by atomic mass is 127. The lowest BCUT2D eigenvalue weighted by atomic mass is 10.0. The van der Waals surface area contributed by atoms with Crippen LogP contribution < -0.4 is 15.4 Å². The Balaban J connectivity index is 0.00000256. The highest BCUT2D eigenvalue weighted by molar-refractivity contribution is 14.0. The van der Waals surface area contributed by atoms with Gasteiger partial charge < -0.3 is 19.9 Å². The standard InChI is InChI=1S/C21H30N6OS.HI/c1-15-25-26-19(27(15)3)13-22-20(23-14-21(2)10-6-12-29-21)24-17-9-11-28-18-8-5-4-7-16(17)18;/h4-5,7-8,17H,6,9-14H2,1-3H3,(H2,22,23,24);1H. The number of guanidine groups is 1. The van der Waals surface area contributed by atoms with Gasteiger partial charge in [0.15, 0.2) is 11.8 Å². The van der Waals surface area contributed by atoms with Gasteiger partial charge in [0.1, 0.15) is 18.1 Å². The third-order valence-corrected chi connectivity index (χ3v) is 7.30. The Labute approximate surface area is 199 Å². The molecule has 2 N–H and O–H groups in total. The van der Waals surface area contributed by atoms with Gasteiger partial charge in [-0.3, -0.25) is 0 Å². The second kappa shape index (κ2) is 10.2. The van der Waals surface area contributed by atoms with Gasteiger partial charge in [0.2, 0.25) is 0 Å². The number of aryl methyl sites for hydroxylation is 1. The summed E-state index contributed by atoms with van der Waals surface area (Å²) in [6, 6.07) is 8.42. The number of thioether (sulfide) groups is 1. The molecule has 0 spiro atoms. The minimum absolute atomic E-state index is 0. The first-order valence-corrected chi connectivity index (χ1v) is 11.3. The van der Waals surface area contributed by atoms with Crippen LogP contribution in [0.3, 0.4) is 0 Å². The molecular formula is C21H31IN6OS. The molecule has 0 amide bonds. The van der Waals surface area contributed by atoms with E-state index in [1.807, 2.05) is 42.4 Å². The molecule has 30 heavy (non-hydrogen) atoms. The molecule has 1 aromatic heterocycles. The van der Waals surface area contributed by atoms with Crippen LogP contribution in [0.1, 0.15) is 49.4 Å². The normalized spacial score (nSPS) is 23.3. The van der Waals surface area contributed by atoms with E-state index in [0.29, 0.717) is 13.2 Å². The molecular weight excluding hydrogens is 511 g/mol. The molecule has 0 bridgehead atoms. The molecule has 0 aliphatic carbocycles. The molecule has 7 nitrogen and oxygen atoms in total. The number of aromatic nitrogens is 3. The monoisotopic (exact) mass is 542 g/mol. The summed E-state index contributed by atoms with van der Waals surface area (Å²) in [6.45, 7) is 6.38. The number of halogens is 1. The fourth-order valence-corrected chi connectivity index (χ4v) is 5.04. The Bertz CT molecular complexity index is 880. The number of hydrogen-bond donors (Lipinski definition) is 2. The SMILES string of the molecule is Cc1nnc(CN=C(NCC2(C)CCCS2)NC2CCOc3ccccc32)n1C.I. The number of nitrogens with one attached hydrogen (secondary N) is 2. The van der Waals surface area contributed by atoms with Gasteiger partial charge in [0.25, 0.3) is 0 Å². The Morgan fingerprint density at radius 2 is 2.20 bits per heavy atom. The van der Waals surface area contributed by atoms with E-state index in [0.717, 1.165) is 36.3 Å². The molecule has 1 fully saturated rings. The maximum atomic E-state index is 5.82. The molecule has 164 valence electrons. The lowest BCUT2D eigenvalue weighted by molar-refractivity contribution is 0.261. The second-order valence-corrected chi connectivity index (χ2v) is 9.70. The lowest BCUT2D eigenvalue weighted by Crippen LogP contribution is -2.45. The van der Waals surface area contributed by atoms with Crippen molar-refractivity contribution in [2.45, 2.75) is 50.4 Å². The number of benzene rings is 1. The number of aliphatic imine (C=N–C) groups is 1. The van der Waals surface area contributed by atoms with E-state index in [9.17, 15) is 0 Å². The number of para-hydroxylation sites is 1. The summed E-state index contributed by atoms with van der Waals surface area (Å²) in [6.07, 6.45) is 3.43. The number of nitrogens with zero attached hydrogens (tertiary/aromatic N) is 4. The molecule has 2 aliphatic heterocycles. The van der Waals surface area contributed by atoms with E-state index in [4.69, 9.17) is 9.73 Å². The average molecular weight is 542 g/mol. The van der Waals surface area contributed by atoms with Crippen LogP contribution in [0.25, 0.3) is 0 Å². The summed E-state index contributed by atoms with van der Waals surface area (Å²) in [5, 5.41) is 15.6. The molecule has 1 aromatic carbocycles. The first kappa shape index (κ1) is 23.2. The number of rotatable bonds is 5. The Kier molecular flexibility index (Phi) is 7.89. The van der Waals surface area contributed by atoms with Crippen molar-refractivity contribution in [3.05, 3.63) is 41.5 Å².